The van der Waals surface area contributed by atoms with Gasteiger partial charge in [0.15, 0.2) is 0 Å². The molecule has 1 saturated heterocycles. The van der Waals surface area contributed by atoms with E-state index in [1.165, 1.54) is 5.56 Å². The molecule has 1 unspecified atom stereocenters. The molecular weight excluding hydrogens is 300 g/mol. The number of nitrogens with one attached hydrogen (secondary N) is 1. The lowest BCUT2D eigenvalue weighted by Gasteiger charge is -2.35. The van der Waals surface area contributed by atoms with Crippen molar-refractivity contribution in [2.24, 2.45) is 0 Å². The molecule has 1 aliphatic rings. The van der Waals surface area contributed by atoms with Gasteiger partial charge in [-0.3, -0.25) is 9.59 Å². The molecule has 0 saturated carbocycles. The van der Waals surface area contributed by atoms with Gasteiger partial charge in [0.2, 0.25) is 11.8 Å². The molecule has 2 aromatic rings. The van der Waals surface area contributed by atoms with Crippen LogP contribution in [0.25, 0.3) is 0 Å². The summed E-state index contributed by atoms with van der Waals surface area (Å²) in [6.45, 7) is 3.11. The Morgan fingerprint density at radius 3 is 2.71 bits per heavy atom. The third-order valence-corrected chi connectivity index (χ3v) is 4.36. The molecule has 24 heavy (non-hydrogen) atoms. The average Bonchev–Trinajstić information content (AvgIpc) is 2.60. The van der Waals surface area contributed by atoms with Crippen LogP contribution in [-0.2, 0) is 16.0 Å². The molecule has 1 aliphatic heterocycles. The lowest BCUT2D eigenvalue weighted by Crippen LogP contribution is -2.52. The fourth-order valence-electron chi connectivity index (χ4n) is 3.16. The Balaban J connectivity index is 1.73. The summed E-state index contributed by atoms with van der Waals surface area (Å²) in [5.74, 6) is -0.0726. The number of aryl methyl sites for hydroxylation is 2. The third kappa shape index (κ3) is 3.65. The van der Waals surface area contributed by atoms with Gasteiger partial charge in [-0.15, -0.1) is 0 Å². The number of hydrogen-bond acceptors (Lipinski definition) is 2. The minimum atomic E-state index is -0.523. The zero-order chi connectivity index (χ0) is 16.9. The summed E-state index contributed by atoms with van der Waals surface area (Å²) in [7, 11) is 0. The molecule has 0 aromatic heterocycles. The van der Waals surface area contributed by atoms with Crippen LogP contribution < -0.4 is 5.32 Å². The van der Waals surface area contributed by atoms with Crippen LogP contribution in [-0.4, -0.2) is 29.8 Å². The smallest absolute Gasteiger partial charge is 0.247 e. The van der Waals surface area contributed by atoms with Gasteiger partial charge in [0.25, 0.3) is 0 Å². The largest absolute Gasteiger partial charge is 0.352 e. The van der Waals surface area contributed by atoms with E-state index < -0.39 is 6.04 Å². The van der Waals surface area contributed by atoms with Crippen molar-refractivity contribution in [2.75, 3.05) is 13.1 Å². The highest BCUT2D eigenvalue weighted by atomic mass is 16.2. The van der Waals surface area contributed by atoms with Gasteiger partial charge in [0.05, 0.1) is 0 Å². The van der Waals surface area contributed by atoms with Crippen molar-refractivity contribution in [3.63, 3.8) is 0 Å². The first-order valence-electron chi connectivity index (χ1n) is 8.33. The van der Waals surface area contributed by atoms with Crippen LogP contribution in [0, 0.1) is 6.92 Å². The number of carbonyl (C=O) groups excluding carboxylic acids is 2. The Kier molecular flexibility index (Phi) is 4.94. The topological polar surface area (TPSA) is 49.4 Å². The Labute approximate surface area is 142 Å². The summed E-state index contributed by atoms with van der Waals surface area (Å²) < 4.78 is 0. The number of hydrogen-bond donors (Lipinski definition) is 1. The van der Waals surface area contributed by atoms with Crippen LogP contribution in [0.2, 0.25) is 0 Å². The Bertz CT molecular complexity index is 727. The Hall–Kier alpha value is -2.62. The van der Waals surface area contributed by atoms with Crippen molar-refractivity contribution in [3.8, 4) is 0 Å². The SMILES string of the molecule is Cc1cccc(CCC(=O)N2CCNC(=O)C2c2ccccc2)c1. The maximum atomic E-state index is 12.7. The molecule has 3 rings (SSSR count). The summed E-state index contributed by atoms with van der Waals surface area (Å²) in [6.07, 6.45) is 1.11. The van der Waals surface area contributed by atoms with E-state index in [-0.39, 0.29) is 11.8 Å². The highest BCUT2D eigenvalue weighted by Gasteiger charge is 2.33. The van der Waals surface area contributed by atoms with E-state index in [9.17, 15) is 9.59 Å². The zero-order valence-corrected chi connectivity index (χ0v) is 13.9. The molecule has 1 fully saturated rings. The molecule has 2 amide bonds. The van der Waals surface area contributed by atoms with Gasteiger partial charge >= 0.3 is 0 Å². The summed E-state index contributed by atoms with van der Waals surface area (Å²) in [5, 5.41) is 2.86. The Morgan fingerprint density at radius 1 is 1.17 bits per heavy atom. The predicted octanol–water partition coefficient (Wildman–Crippen LogP) is 2.63. The van der Waals surface area contributed by atoms with Crippen molar-refractivity contribution in [1.29, 1.82) is 0 Å². The number of benzene rings is 2. The summed E-state index contributed by atoms with van der Waals surface area (Å²) in [6, 6.07) is 17.2. The van der Waals surface area contributed by atoms with Crippen LogP contribution in [0.15, 0.2) is 54.6 Å². The fraction of sp³-hybridized carbons (Fsp3) is 0.300. The van der Waals surface area contributed by atoms with E-state index >= 15 is 0 Å². The van der Waals surface area contributed by atoms with E-state index in [2.05, 4.69) is 11.4 Å². The van der Waals surface area contributed by atoms with Gasteiger partial charge in [0.1, 0.15) is 6.04 Å². The monoisotopic (exact) mass is 322 g/mol. The maximum absolute atomic E-state index is 12.7. The predicted molar refractivity (Wildman–Crippen MR) is 93.4 cm³/mol. The van der Waals surface area contributed by atoms with Gasteiger partial charge < -0.3 is 10.2 Å². The van der Waals surface area contributed by atoms with Crippen LogP contribution >= 0.6 is 0 Å². The van der Waals surface area contributed by atoms with Crippen molar-refractivity contribution in [3.05, 3.63) is 71.3 Å². The Morgan fingerprint density at radius 2 is 1.96 bits per heavy atom. The van der Waals surface area contributed by atoms with Crippen LogP contribution in [0.3, 0.4) is 0 Å². The fourth-order valence-corrected chi connectivity index (χ4v) is 3.16. The molecule has 1 atom stereocenters. The van der Waals surface area contributed by atoms with Crippen LogP contribution in [0.4, 0.5) is 0 Å². The molecule has 0 spiro atoms. The standard InChI is InChI=1S/C20H22N2O2/c1-15-6-5-7-16(14-15)10-11-18(23)22-13-12-21-20(24)19(22)17-8-3-2-4-9-17/h2-9,14,19H,10-13H2,1H3,(H,21,24). The molecule has 1 heterocycles. The molecule has 0 bridgehead atoms. The van der Waals surface area contributed by atoms with Gasteiger partial charge in [-0.2, -0.15) is 0 Å². The van der Waals surface area contributed by atoms with Gasteiger partial charge in [-0.05, 0) is 24.5 Å². The molecule has 124 valence electrons. The maximum Gasteiger partial charge on any atom is 0.247 e. The summed E-state index contributed by atoms with van der Waals surface area (Å²) in [4.78, 5) is 26.8. The van der Waals surface area contributed by atoms with E-state index in [0.717, 1.165) is 11.1 Å². The van der Waals surface area contributed by atoms with E-state index in [1.807, 2.05) is 55.5 Å². The molecule has 0 aliphatic carbocycles. The second-order valence-corrected chi connectivity index (χ2v) is 6.18. The molecule has 4 nitrogen and oxygen atoms in total. The first-order valence-corrected chi connectivity index (χ1v) is 8.33. The second kappa shape index (κ2) is 7.30. The van der Waals surface area contributed by atoms with E-state index in [0.29, 0.717) is 25.9 Å². The molecular formula is C20H22N2O2. The first kappa shape index (κ1) is 16.2. The lowest BCUT2D eigenvalue weighted by atomic mass is 10.0. The van der Waals surface area contributed by atoms with Gasteiger partial charge in [0, 0.05) is 19.5 Å². The third-order valence-electron chi connectivity index (χ3n) is 4.36. The average molecular weight is 322 g/mol. The van der Waals surface area contributed by atoms with Gasteiger partial charge in [-0.25, -0.2) is 0 Å². The number of nitrogens with zero attached hydrogens (tertiary/aromatic N) is 1. The first-order chi connectivity index (χ1) is 11.6. The molecule has 1 N–H and O–H groups in total. The number of rotatable bonds is 4. The van der Waals surface area contributed by atoms with E-state index in [1.54, 1.807) is 4.90 Å². The number of amides is 2. The molecule has 0 radical (unpaired) electrons. The number of piperazine rings is 1. The highest BCUT2D eigenvalue weighted by molar-refractivity contribution is 5.89. The summed E-state index contributed by atoms with van der Waals surface area (Å²) >= 11 is 0. The number of carbonyl (C=O) groups is 2. The molecule has 4 heteroatoms. The minimum absolute atomic E-state index is 0.0280. The summed E-state index contributed by atoms with van der Waals surface area (Å²) in [5.41, 5.74) is 3.21. The van der Waals surface area contributed by atoms with E-state index in [4.69, 9.17) is 0 Å². The van der Waals surface area contributed by atoms with Crippen LogP contribution in [0.1, 0.15) is 29.2 Å². The van der Waals surface area contributed by atoms with Crippen molar-refractivity contribution in [1.82, 2.24) is 10.2 Å². The van der Waals surface area contributed by atoms with Crippen molar-refractivity contribution in [2.45, 2.75) is 25.8 Å². The highest BCUT2D eigenvalue weighted by Crippen LogP contribution is 2.24. The van der Waals surface area contributed by atoms with Crippen molar-refractivity contribution >= 4 is 11.8 Å². The van der Waals surface area contributed by atoms with Crippen molar-refractivity contribution < 1.29 is 9.59 Å². The lowest BCUT2D eigenvalue weighted by molar-refractivity contribution is -0.143. The molecule has 2 aromatic carbocycles. The normalized spacial score (nSPS) is 17.5. The quantitative estimate of drug-likeness (QED) is 0.941. The zero-order valence-electron chi connectivity index (χ0n) is 13.9. The van der Waals surface area contributed by atoms with Gasteiger partial charge in [-0.1, -0.05) is 60.2 Å². The second-order valence-electron chi connectivity index (χ2n) is 6.18. The van der Waals surface area contributed by atoms with Crippen LogP contribution in [0.5, 0.6) is 0 Å². The minimum Gasteiger partial charge on any atom is -0.352 e.